The lowest BCUT2D eigenvalue weighted by molar-refractivity contribution is -0.0267. The van der Waals surface area contributed by atoms with Crippen LogP contribution in [0.15, 0.2) is 36.5 Å². The summed E-state index contributed by atoms with van der Waals surface area (Å²) in [5, 5.41) is 4.70. The van der Waals surface area contributed by atoms with E-state index < -0.39 is 0 Å². The summed E-state index contributed by atoms with van der Waals surface area (Å²) in [5.74, 6) is 0.550. The van der Waals surface area contributed by atoms with E-state index in [0.717, 1.165) is 31.6 Å². The molecule has 0 aliphatic carbocycles. The molecule has 3 nitrogen and oxygen atoms in total. The number of hydrogen-bond acceptors (Lipinski definition) is 3. The second-order valence-electron chi connectivity index (χ2n) is 5.42. The van der Waals surface area contributed by atoms with Gasteiger partial charge in [-0.1, -0.05) is 25.1 Å². The monoisotopic (exact) mass is 270 g/mol. The number of rotatable bonds is 4. The van der Waals surface area contributed by atoms with Gasteiger partial charge in [0.15, 0.2) is 0 Å². The van der Waals surface area contributed by atoms with E-state index in [1.54, 1.807) is 0 Å². The third-order valence-corrected chi connectivity index (χ3v) is 4.09. The normalized spacial score (nSPS) is 23.1. The zero-order valence-corrected chi connectivity index (χ0v) is 12.0. The molecule has 2 aromatic rings. The van der Waals surface area contributed by atoms with Crippen LogP contribution in [-0.2, 0) is 4.74 Å². The summed E-state index contributed by atoms with van der Waals surface area (Å²) in [5.41, 5.74) is 2.35. The molecule has 20 heavy (non-hydrogen) atoms. The number of hydrogen-bond donors (Lipinski definition) is 1. The minimum atomic E-state index is 0.190. The number of aromatic nitrogens is 1. The summed E-state index contributed by atoms with van der Waals surface area (Å²) in [7, 11) is 0. The van der Waals surface area contributed by atoms with Crippen molar-refractivity contribution in [2.75, 3.05) is 19.7 Å². The summed E-state index contributed by atoms with van der Waals surface area (Å²) in [6, 6.07) is 10.5. The molecule has 1 aromatic carbocycles. The van der Waals surface area contributed by atoms with Crippen LogP contribution in [0.3, 0.4) is 0 Å². The fourth-order valence-electron chi connectivity index (χ4n) is 3.09. The van der Waals surface area contributed by atoms with Gasteiger partial charge in [0.05, 0.1) is 11.6 Å². The van der Waals surface area contributed by atoms with E-state index >= 15 is 0 Å². The zero-order valence-electron chi connectivity index (χ0n) is 12.0. The highest BCUT2D eigenvalue weighted by Gasteiger charge is 2.28. The molecule has 0 spiro atoms. The number of nitrogens with zero attached hydrogens (tertiary/aromatic N) is 1. The molecule has 1 aliphatic heterocycles. The van der Waals surface area contributed by atoms with Crippen LogP contribution in [0.5, 0.6) is 0 Å². The maximum absolute atomic E-state index is 6.11. The molecule has 2 heterocycles. The molecule has 3 rings (SSSR count). The van der Waals surface area contributed by atoms with Crippen molar-refractivity contribution >= 4 is 10.9 Å². The Bertz CT molecular complexity index is 564. The van der Waals surface area contributed by atoms with E-state index in [-0.39, 0.29) is 6.10 Å². The van der Waals surface area contributed by atoms with E-state index in [9.17, 15) is 0 Å². The molecule has 0 saturated carbocycles. The zero-order chi connectivity index (χ0) is 13.8. The molecule has 106 valence electrons. The average Bonchev–Trinajstić information content (AvgIpc) is 2.53. The lowest BCUT2D eigenvalue weighted by Crippen LogP contribution is -2.32. The smallest absolute Gasteiger partial charge is 0.0872 e. The topological polar surface area (TPSA) is 34.1 Å². The van der Waals surface area contributed by atoms with Gasteiger partial charge in [0.1, 0.15) is 0 Å². The predicted octanol–water partition coefficient (Wildman–Crippen LogP) is 3.31. The van der Waals surface area contributed by atoms with Crippen molar-refractivity contribution in [1.82, 2.24) is 10.3 Å². The lowest BCUT2D eigenvalue weighted by Gasteiger charge is -2.32. The highest BCUT2D eigenvalue weighted by molar-refractivity contribution is 5.82. The fourth-order valence-corrected chi connectivity index (χ4v) is 3.09. The van der Waals surface area contributed by atoms with E-state index in [0.29, 0.717) is 5.92 Å². The Hall–Kier alpha value is -1.45. The highest BCUT2D eigenvalue weighted by atomic mass is 16.5. The van der Waals surface area contributed by atoms with Gasteiger partial charge in [-0.3, -0.25) is 4.98 Å². The van der Waals surface area contributed by atoms with Gasteiger partial charge in [0.2, 0.25) is 0 Å². The first-order chi connectivity index (χ1) is 9.90. The van der Waals surface area contributed by atoms with Crippen LogP contribution in [0, 0.1) is 5.92 Å². The molecule has 1 N–H and O–H groups in total. The summed E-state index contributed by atoms with van der Waals surface area (Å²) in [6.45, 7) is 5.06. The largest absolute Gasteiger partial charge is 0.373 e. The summed E-state index contributed by atoms with van der Waals surface area (Å²) < 4.78 is 6.11. The van der Waals surface area contributed by atoms with Gasteiger partial charge in [-0.2, -0.15) is 0 Å². The Balaban J connectivity index is 1.95. The minimum absolute atomic E-state index is 0.190. The number of ether oxygens (including phenoxy) is 1. The maximum Gasteiger partial charge on any atom is 0.0872 e. The highest BCUT2D eigenvalue weighted by Crippen LogP contribution is 2.36. The Morgan fingerprint density at radius 3 is 3.10 bits per heavy atom. The second kappa shape index (κ2) is 6.33. The first-order valence-corrected chi connectivity index (χ1v) is 7.56. The van der Waals surface area contributed by atoms with Gasteiger partial charge in [-0.05, 0) is 37.1 Å². The van der Waals surface area contributed by atoms with Gasteiger partial charge in [0, 0.05) is 30.7 Å². The Kier molecular flexibility index (Phi) is 4.28. The van der Waals surface area contributed by atoms with Crippen molar-refractivity contribution in [1.29, 1.82) is 0 Å². The summed E-state index contributed by atoms with van der Waals surface area (Å²) >= 11 is 0. The van der Waals surface area contributed by atoms with Crippen molar-refractivity contribution in [3.8, 4) is 0 Å². The molecule has 1 aromatic heterocycles. The molecule has 0 amide bonds. The van der Waals surface area contributed by atoms with E-state index in [1.807, 2.05) is 12.3 Å². The average molecular weight is 270 g/mol. The van der Waals surface area contributed by atoms with E-state index in [1.165, 1.54) is 17.4 Å². The number of para-hydroxylation sites is 1. The summed E-state index contributed by atoms with van der Waals surface area (Å²) in [4.78, 5) is 4.45. The van der Waals surface area contributed by atoms with Crippen molar-refractivity contribution in [3.63, 3.8) is 0 Å². The Labute approximate surface area is 120 Å². The van der Waals surface area contributed by atoms with E-state index in [4.69, 9.17) is 4.74 Å². The standard InChI is InChI=1S/C17H22N2O/c1-2-18-12-13-6-5-11-20-17(13)15-9-10-19-16-8-4-3-7-14(15)16/h3-4,7-10,13,17-18H,2,5-6,11-12H2,1H3. The minimum Gasteiger partial charge on any atom is -0.373 e. The number of fused-ring (bicyclic) bond motifs is 1. The van der Waals surface area contributed by atoms with Crippen LogP contribution in [-0.4, -0.2) is 24.7 Å². The predicted molar refractivity (Wildman–Crippen MR) is 81.7 cm³/mol. The molecule has 3 heteroatoms. The first-order valence-electron chi connectivity index (χ1n) is 7.56. The molecule has 0 bridgehead atoms. The third-order valence-electron chi connectivity index (χ3n) is 4.09. The quantitative estimate of drug-likeness (QED) is 0.925. The molecule has 1 aliphatic rings. The molecule has 2 atom stereocenters. The van der Waals surface area contributed by atoms with Gasteiger partial charge < -0.3 is 10.1 Å². The number of benzene rings is 1. The number of nitrogens with one attached hydrogen (secondary N) is 1. The van der Waals surface area contributed by atoms with Gasteiger partial charge in [-0.15, -0.1) is 0 Å². The first kappa shape index (κ1) is 13.5. The Morgan fingerprint density at radius 1 is 1.30 bits per heavy atom. The Morgan fingerprint density at radius 2 is 2.20 bits per heavy atom. The van der Waals surface area contributed by atoms with Crippen molar-refractivity contribution in [2.45, 2.75) is 25.9 Å². The fraction of sp³-hybridized carbons (Fsp3) is 0.471. The summed E-state index contributed by atoms with van der Waals surface area (Å²) in [6.07, 6.45) is 4.49. The van der Waals surface area contributed by atoms with Gasteiger partial charge in [0.25, 0.3) is 0 Å². The molecular formula is C17H22N2O. The van der Waals surface area contributed by atoms with Crippen LogP contribution >= 0.6 is 0 Å². The molecule has 2 unspecified atom stereocenters. The van der Waals surface area contributed by atoms with Crippen LogP contribution in [0.4, 0.5) is 0 Å². The van der Waals surface area contributed by atoms with Gasteiger partial charge >= 0.3 is 0 Å². The molecule has 0 radical (unpaired) electrons. The van der Waals surface area contributed by atoms with Crippen LogP contribution in [0.25, 0.3) is 10.9 Å². The van der Waals surface area contributed by atoms with Crippen LogP contribution in [0.2, 0.25) is 0 Å². The SMILES string of the molecule is CCNCC1CCCOC1c1ccnc2ccccc12. The van der Waals surface area contributed by atoms with E-state index in [2.05, 4.69) is 41.5 Å². The molecule has 1 saturated heterocycles. The second-order valence-corrected chi connectivity index (χ2v) is 5.42. The number of pyridine rings is 1. The molecular weight excluding hydrogens is 248 g/mol. The van der Waals surface area contributed by atoms with Crippen LogP contribution < -0.4 is 5.32 Å². The van der Waals surface area contributed by atoms with Crippen molar-refractivity contribution < 1.29 is 4.74 Å². The lowest BCUT2D eigenvalue weighted by atomic mass is 9.88. The third kappa shape index (κ3) is 2.69. The van der Waals surface area contributed by atoms with Gasteiger partial charge in [-0.25, -0.2) is 0 Å². The van der Waals surface area contributed by atoms with Crippen LogP contribution in [0.1, 0.15) is 31.4 Å². The van der Waals surface area contributed by atoms with Crippen molar-refractivity contribution in [3.05, 3.63) is 42.1 Å². The molecule has 1 fully saturated rings. The maximum atomic E-state index is 6.11. The van der Waals surface area contributed by atoms with Crippen molar-refractivity contribution in [2.24, 2.45) is 5.92 Å².